The highest BCUT2D eigenvalue weighted by Gasteiger charge is 3.01. The molecule has 0 aliphatic heterocycles. The van der Waals surface area contributed by atoms with Gasteiger partial charge in [-0.05, 0) is 59.5 Å². The maximum atomic E-state index is 15.1. The van der Waals surface area contributed by atoms with Gasteiger partial charge in [-0.15, -0.1) is 6.58 Å². The van der Waals surface area contributed by atoms with E-state index in [1.807, 2.05) is 0 Å². The molecule has 162 valence electrons. The van der Waals surface area contributed by atoms with Crippen LogP contribution in [0.3, 0.4) is 0 Å². The van der Waals surface area contributed by atoms with Crippen LogP contribution >= 0.6 is 22.6 Å². The van der Waals surface area contributed by atoms with Gasteiger partial charge < -0.3 is 5.11 Å². The van der Waals surface area contributed by atoms with Crippen molar-refractivity contribution in [1.29, 1.82) is 0 Å². The van der Waals surface area contributed by atoms with Gasteiger partial charge in [0, 0.05) is 9.13 Å². The molecular formula is C17H12F9IO2. The van der Waals surface area contributed by atoms with Gasteiger partial charge in [-0.3, -0.25) is 0 Å². The van der Waals surface area contributed by atoms with Crippen molar-refractivity contribution in [3.8, 4) is 0 Å². The second-order valence-electron chi connectivity index (χ2n) is 6.43. The zero-order chi connectivity index (χ0) is 22.6. The van der Waals surface area contributed by atoms with Crippen LogP contribution in [0.15, 0.2) is 24.8 Å². The van der Waals surface area contributed by atoms with Crippen molar-refractivity contribution < 1.29 is 49.4 Å². The number of allylic oxidation sites excluding steroid dienone is 1. The molecule has 29 heavy (non-hydrogen) atoms. The minimum Gasteiger partial charge on any atom is -0.478 e. The van der Waals surface area contributed by atoms with Crippen LogP contribution in [0, 0.1) is 3.57 Å². The van der Waals surface area contributed by atoms with Crippen molar-refractivity contribution in [3.63, 3.8) is 0 Å². The van der Waals surface area contributed by atoms with E-state index in [2.05, 4.69) is 6.58 Å². The van der Waals surface area contributed by atoms with E-state index in [1.165, 1.54) is 6.08 Å². The minimum absolute atomic E-state index is 0.00729. The summed E-state index contributed by atoms with van der Waals surface area (Å²) in [6.45, 7) is 3.43. The molecule has 0 atom stereocenters. The molecule has 1 aromatic rings. The Morgan fingerprint density at radius 2 is 1.45 bits per heavy atom. The first-order valence-corrected chi connectivity index (χ1v) is 8.97. The quantitative estimate of drug-likeness (QED) is 0.199. The third-order valence-corrected chi connectivity index (χ3v) is 5.59. The van der Waals surface area contributed by atoms with E-state index in [0.29, 0.717) is 12.8 Å². The molecule has 0 aromatic heterocycles. The zero-order valence-corrected chi connectivity index (χ0v) is 16.4. The summed E-state index contributed by atoms with van der Waals surface area (Å²) in [4.78, 5) is 11.4. The zero-order valence-electron chi connectivity index (χ0n) is 14.2. The van der Waals surface area contributed by atoms with Crippen molar-refractivity contribution in [2.45, 2.75) is 48.6 Å². The SMILES string of the molecule is C=CCCCc1cc(I)c(C2(F)C(F)(F)C(F)(F)C(F)(F)C2(F)F)cc1C(=O)O. The van der Waals surface area contributed by atoms with Crippen molar-refractivity contribution in [3.05, 3.63) is 45.0 Å². The lowest BCUT2D eigenvalue weighted by Crippen LogP contribution is -2.52. The van der Waals surface area contributed by atoms with E-state index >= 15 is 4.39 Å². The monoisotopic (exact) mass is 546 g/mol. The van der Waals surface area contributed by atoms with Gasteiger partial charge in [0.1, 0.15) is 0 Å². The van der Waals surface area contributed by atoms with Crippen LogP contribution in [0.4, 0.5) is 39.5 Å². The Kier molecular flexibility index (Phi) is 5.79. The van der Waals surface area contributed by atoms with E-state index in [9.17, 15) is 45.0 Å². The van der Waals surface area contributed by atoms with Gasteiger partial charge in [0.15, 0.2) is 0 Å². The van der Waals surface area contributed by atoms with E-state index in [1.54, 1.807) is 0 Å². The second-order valence-corrected chi connectivity index (χ2v) is 7.59. The number of rotatable bonds is 6. The molecule has 0 unspecified atom stereocenters. The average Bonchev–Trinajstić information content (AvgIpc) is 2.64. The number of unbranched alkanes of at least 4 members (excludes halogenated alkanes) is 1. The molecule has 1 aliphatic carbocycles. The molecule has 0 saturated heterocycles. The van der Waals surface area contributed by atoms with Crippen molar-refractivity contribution in [1.82, 2.24) is 0 Å². The summed E-state index contributed by atoms with van der Waals surface area (Å²) in [5, 5.41) is 9.21. The maximum Gasteiger partial charge on any atom is 0.382 e. The lowest BCUT2D eigenvalue weighted by molar-refractivity contribution is -0.303. The van der Waals surface area contributed by atoms with Gasteiger partial charge in [0.05, 0.1) is 5.56 Å². The van der Waals surface area contributed by atoms with Crippen LogP contribution < -0.4 is 0 Å². The van der Waals surface area contributed by atoms with Crippen LogP contribution in [0.2, 0.25) is 0 Å². The summed E-state index contributed by atoms with van der Waals surface area (Å²) in [6, 6.07) is 0.719. The molecule has 12 heteroatoms. The highest BCUT2D eigenvalue weighted by molar-refractivity contribution is 14.1. The maximum absolute atomic E-state index is 15.1. The van der Waals surface area contributed by atoms with Gasteiger partial charge in [-0.1, -0.05) is 6.08 Å². The van der Waals surface area contributed by atoms with Crippen molar-refractivity contribution >= 4 is 28.6 Å². The number of benzene rings is 1. The molecule has 0 spiro atoms. The minimum atomic E-state index is -6.73. The number of hydrogen-bond acceptors (Lipinski definition) is 1. The second kappa shape index (κ2) is 7.05. The van der Waals surface area contributed by atoms with Crippen molar-refractivity contribution in [2.75, 3.05) is 0 Å². The Hall–Kier alpha value is -1.47. The third-order valence-electron chi connectivity index (χ3n) is 4.70. The molecule has 0 heterocycles. The first-order chi connectivity index (χ1) is 13.0. The lowest BCUT2D eigenvalue weighted by Gasteiger charge is -2.32. The van der Waals surface area contributed by atoms with E-state index in [4.69, 9.17) is 0 Å². The molecule has 1 fully saturated rings. The molecule has 0 bridgehead atoms. The predicted octanol–water partition coefficient (Wildman–Crippen LogP) is 6.22. The summed E-state index contributed by atoms with van der Waals surface area (Å²) < 4.78 is 125. The van der Waals surface area contributed by atoms with Gasteiger partial charge in [0.2, 0.25) is 0 Å². The predicted molar refractivity (Wildman–Crippen MR) is 91.8 cm³/mol. The topological polar surface area (TPSA) is 37.3 Å². The molecule has 0 amide bonds. The van der Waals surface area contributed by atoms with Gasteiger partial charge in [-0.2, -0.15) is 35.1 Å². The summed E-state index contributed by atoms with van der Waals surface area (Å²) in [7, 11) is 0. The summed E-state index contributed by atoms with van der Waals surface area (Å²) in [5.41, 5.74) is -8.84. The number of carboxylic acids is 1. The first kappa shape index (κ1) is 23.8. The highest BCUT2D eigenvalue weighted by Crippen LogP contribution is 2.72. The first-order valence-electron chi connectivity index (χ1n) is 7.89. The molecule has 2 rings (SSSR count). The summed E-state index contributed by atoms with van der Waals surface area (Å²) in [5.74, 6) is -28.4. The van der Waals surface area contributed by atoms with Gasteiger partial charge >= 0.3 is 29.7 Å². The van der Waals surface area contributed by atoms with Crippen LogP contribution in [0.25, 0.3) is 0 Å². The summed E-state index contributed by atoms with van der Waals surface area (Å²) in [6.07, 6.45) is 2.13. The molecule has 2 nitrogen and oxygen atoms in total. The van der Waals surface area contributed by atoms with Gasteiger partial charge in [-0.25, -0.2) is 9.18 Å². The number of carbonyl (C=O) groups is 1. The van der Waals surface area contributed by atoms with E-state index in [-0.39, 0.29) is 18.1 Å². The van der Waals surface area contributed by atoms with Crippen LogP contribution in [0.5, 0.6) is 0 Å². The van der Waals surface area contributed by atoms with E-state index in [0.717, 1.165) is 28.7 Å². The van der Waals surface area contributed by atoms with Crippen LogP contribution in [-0.2, 0) is 12.1 Å². The Morgan fingerprint density at radius 3 is 1.86 bits per heavy atom. The fourth-order valence-electron chi connectivity index (χ4n) is 3.08. The molecule has 0 radical (unpaired) electrons. The summed E-state index contributed by atoms with van der Waals surface area (Å²) >= 11 is 1.03. The third kappa shape index (κ3) is 2.87. The Bertz CT molecular complexity index is 826. The Morgan fingerprint density at radius 1 is 0.966 bits per heavy atom. The van der Waals surface area contributed by atoms with Crippen molar-refractivity contribution in [2.24, 2.45) is 0 Å². The van der Waals surface area contributed by atoms with Crippen LogP contribution in [0.1, 0.15) is 34.3 Å². The molecule has 1 aromatic carbocycles. The lowest BCUT2D eigenvalue weighted by atomic mass is 9.85. The number of hydrogen-bond donors (Lipinski definition) is 1. The fourth-order valence-corrected chi connectivity index (χ4v) is 3.99. The molecule has 1 saturated carbocycles. The molecule has 1 aliphatic rings. The molecular weight excluding hydrogens is 534 g/mol. The number of aromatic carboxylic acids is 1. The Balaban J connectivity index is 2.80. The Labute approximate surface area is 171 Å². The van der Waals surface area contributed by atoms with Crippen LogP contribution in [-0.4, -0.2) is 34.8 Å². The number of alkyl halides is 9. The van der Waals surface area contributed by atoms with E-state index < -0.39 is 50.0 Å². The molecule has 1 N–H and O–H groups in total. The largest absolute Gasteiger partial charge is 0.478 e. The highest BCUT2D eigenvalue weighted by atomic mass is 127. The number of carboxylic acid groups (broad SMARTS) is 1. The fraction of sp³-hybridized carbons (Fsp3) is 0.471. The average molecular weight is 546 g/mol. The normalized spacial score (nSPS) is 23.0. The standard InChI is InChI=1S/C17H12F9IO2/c1-2-3-4-5-8-6-11(27)10(7-9(8)12(28)29)13(18)14(19,20)16(23,24)17(25,26)15(13,21)22/h2,6-7H,1,3-5H2,(H,28,29). The number of aryl methyl sites for hydroxylation is 1. The number of halogens is 10. The van der Waals surface area contributed by atoms with Gasteiger partial charge in [0.25, 0.3) is 5.67 Å². The smallest absolute Gasteiger partial charge is 0.382 e.